The Balaban J connectivity index is 1.65. The number of carbonyl (C=O) groups is 1. The maximum atomic E-state index is 11.5. The van der Waals surface area contributed by atoms with Gasteiger partial charge in [-0.2, -0.15) is 0 Å². The van der Waals surface area contributed by atoms with E-state index in [-0.39, 0.29) is 12.2 Å². The Hall–Kier alpha value is -0.810. The van der Waals surface area contributed by atoms with Crippen molar-refractivity contribution in [2.75, 3.05) is 19.7 Å². The molecule has 0 radical (unpaired) electrons. The van der Waals surface area contributed by atoms with Crippen LogP contribution in [0, 0.1) is 0 Å². The number of piperidine rings is 1. The van der Waals surface area contributed by atoms with Crippen LogP contribution >= 0.6 is 0 Å². The molecule has 5 nitrogen and oxygen atoms in total. The van der Waals surface area contributed by atoms with Crippen molar-refractivity contribution in [2.45, 2.75) is 50.8 Å². The quantitative estimate of drug-likeness (QED) is 0.765. The summed E-state index contributed by atoms with van der Waals surface area (Å²) in [5, 5.41) is 12.8. The van der Waals surface area contributed by atoms with Gasteiger partial charge in [-0.1, -0.05) is 0 Å². The van der Waals surface area contributed by atoms with Crippen molar-refractivity contribution in [1.82, 2.24) is 10.2 Å². The van der Waals surface area contributed by atoms with Crippen molar-refractivity contribution in [3.05, 3.63) is 0 Å². The van der Waals surface area contributed by atoms with Gasteiger partial charge in [-0.15, -0.1) is 0 Å². The molecule has 0 aromatic heterocycles. The molecule has 1 saturated carbocycles. The van der Waals surface area contributed by atoms with Gasteiger partial charge in [-0.3, -0.25) is 0 Å². The van der Waals surface area contributed by atoms with Gasteiger partial charge in [0, 0.05) is 25.2 Å². The number of hydrogen-bond acceptors (Lipinski definition) is 4. The van der Waals surface area contributed by atoms with Crippen molar-refractivity contribution in [3.8, 4) is 0 Å². The third-order valence-corrected chi connectivity index (χ3v) is 3.61. The van der Waals surface area contributed by atoms with Gasteiger partial charge >= 0.3 is 6.09 Å². The Kier molecular flexibility index (Phi) is 4.23. The Morgan fingerprint density at radius 1 is 1.35 bits per heavy atom. The van der Waals surface area contributed by atoms with Crippen molar-refractivity contribution < 1.29 is 14.6 Å². The number of carbonyl (C=O) groups excluding carboxylic acids is 1. The van der Waals surface area contributed by atoms with Gasteiger partial charge in [0.05, 0.1) is 12.7 Å². The second-order valence-electron chi connectivity index (χ2n) is 4.95. The lowest BCUT2D eigenvalue weighted by molar-refractivity contribution is 0.0507. The standard InChI is InChI=1S/C12H22N2O3/c1-2-17-12(16)14-5-3-9(4-6-14)13-10-7-11(15)8-10/h9-11,13,15H,2-8H2,1H3. The van der Waals surface area contributed by atoms with Crippen molar-refractivity contribution in [3.63, 3.8) is 0 Å². The topological polar surface area (TPSA) is 61.8 Å². The highest BCUT2D eigenvalue weighted by molar-refractivity contribution is 5.67. The smallest absolute Gasteiger partial charge is 0.409 e. The lowest BCUT2D eigenvalue weighted by Crippen LogP contribution is -2.52. The normalized spacial score (nSPS) is 29.9. The highest BCUT2D eigenvalue weighted by Gasteiger charge is 2.31. The van der Waals surface area contributed by atoms with Crippen LogP contribution in [0.15, 0.2) is 0 Å². The third-order valence-electron chi connectivity index (χ3n) is 3.61. The van der Waals surface area contributed by atoms with Crippen LogP contribution in [0.25, 0.3) is 0 Å². The van der Waals surface area contributed by atoms with E-state index >= 15 is 0 Å². The first-order valence-electron chi connectivity index (χ1n) is 6.55. The fourth-order valence-electron chi connectivity index (χ4n) is 2.50. The van der Waals surface area contributed by atoms with Crippen LogP contribution in [0.1, 0.15) is 32.6 Å². The molecule has 0 aromatic rings. The zero-order valence-corrected chi connectivity index (χ0v) is 10.4. The molecule has 2 fully saturated rings. The maximum Gasteiger partial charge on any atom is 0.409 e. The van der Waals surface area contributed by atoms with E-state index in [0.29, 0.717) is 18.7 Å². The second-order valence-corrected chi connectivity index (χ2v) is 4.95. The summed E-state index contributed by atoms with van der Waals surface area (Å²) in [5.41, 5.74) is 0. The minimum absolute atomic E-state index is 0.105. The van der Waals surface area contributed by atoms with Crippen LogP contribution < -0.4 is 5.32 Å². The summed E-state index contributed by atoms with van der Waals surface area (Å²) < 4.78 is 4.98. The largest absolute Gasteiger partial charge is 0.450 e. The molecule has 1 heterocycles. The summed E-state index contributed by atoms with van der Waals surface area (Å²) in [4.78, 5) is 13.3. The molecule has 1 saturated heterocycles. The van der Waals surface area contributed by atoms with E-state index in [9.17, 15) is 9.90 Å². The average molecular weight is 242 g/mol. The molecule has 5 heteroatoms. The van der Waals surface area contributed by atoms with Crippen LogP contribution in [0.3, 0.4) is 0 Å². The first-order chi connectivity index (χ1) is 8.19. The van der Waals surface area contributed by atoms with Crippen LogP contribution in [-0.2, 0) is 4.74 Å². The lowest BCUT2D eigenvalue weighted by atomic mass is 9.88. The number of nitrogens with one attached hydrogen (secondary N) is 1. The minimum atomic E-state index is -0.190. The molecular weight excluding hydrogens is 220 g/mol. The molecule has 17 heavy (non-hydrogen) atoms. The summed E-state index contributed by atoms with van der Waals surface area (Å²) in [7, 11) is 0. The monoisotopic (exact) mass is 242 g/mol. The minimum Gasteiger partial charge on any atom is -0.450 e. The van der Waals surface area contributed by atoms with Gasteiger partial charge in [0.15, 0.2) is 0 Å². The van der Waals surface area contributed by atoms with E-state index in [0.717, 1.165) is 38.8 Å². The molecule has 0 atom stereocenters. The first kappa shape index (κ1) is 12.6. The van der Waals surface area contributed by atoms with E-state index in [1.54, 1.807) is 4.90 Å². The number of nitrogens with zero attached hydrogens (tertiary/aromatic N) is 1. The number of rotatable bonds is 3. The van der Waals surface area contributed by atoms with E-state index < -0.39 is 0 Å². The molecule has 0 spiro atoms. The molecule has 2 N–H and O–H groups in total. The van der Waals surface area contributed by atoms with E-state index in [2.05, 4.69) is 5.32 Å². The molecule has 98 valence electrons. The number of ether oxygens (including phenoxy) is 1. The molecule has 0 unspecified atom stereocenters. The molecule has 1 aliphatic heterocycles. The van der Waals surface area contributed by atoms with E-state index in [4.69, 9.17) is 4.74 Å². The Morgan fingerprint density at radius 3 is 2.53 bits per heavy atom. The van der Waals surface area contributed by atoms with Crippen molar-refractivity contribution >= 4 is 6.09 Å². The Bertz CT molecular complexity index is 258. The predicted octanol–water partition coefficient (Wildman–Crippen LogP) is 0.720. The Morgan fingerprint density at radius 2 is 2.00 bits per heavy atom. The van der Waals surface area contributed by atoms with Gasteiger partial charge < -0.3 is 20.1 Å². The molecule has 2 rings (SSSR count). The van der Waals surface area contributed by atoms with Gasteiger partial charge in [-0.25, -0.2) is 4.79 Å². The summed E-state index contributed by atoms with van der Waals surface area (Å²) in [6, 6.07) is 0.960. The van der Waals surface area contributed by atoms with Crippen LogP contribution in [-0.4, -0.2) is 54.0 Å². The van der Waals surface area contributed by atoms with Gasteiger partial charge in [-0.05, 0) is 32.6 Å². The van der Waals surface area contributed by atoms with Crippen molar-refractivity contribution in [2.24, 2.45) is 0 Å². The summed E-state index contributed by atoms with van der Waals surface area (Å²) >= 11 is 0. The fourth-order valence-corrected chi connectivity index (χ4v) is 2.50. The molecule has 0 bridgehead atoms. The molecule has 2 aliphatic rings. The Labute approximate surface area is 102 Å². The molecule has 1 amide bonds. The van der Waals surface area contributed by atoms with E-state index in [1.807, 2.05) is 6.92 Å². The van der Waals surface area contributed by atoms with Gasteiger partial charge in [0.1, 0.15) is 0 Å². The zero-order valence-electron chi connectivity index (χ0n) is 10.4. The predicted molar refractivity (Wildman–Crippen MR) is 63.8 cm³/mol. The third kappa shape index (κ3) is 3.33. The number of aliphatic hydroxyl groups excluding tert-OH is 1. The highest BCUT2D eigenvalue weighted by Crippen LogP contribution is 2.22. The molecule has 0 aromatic carbocycles. The second kappa shape index (κ2) is 5.69. The van der Waals surface area contributed by atoms with Crippen LogP contribution in [0.5, 0.6) is 0 Å². The molecule has 1 aliphatic carbocycles. The number of hydrogen-bond donors (Lipinski definition) is 2. The number of amides is 1. The van der Waals surface area contributed by atoms with E-state index in [1.165, 1.54) is 0 Å². The first-order valence-corrected chi connectivity index (χ1v) is 6.55. The lowest BCUT2D eigenvalue weighted by Gasteiger charge is -2.38. The average Bonchev–Trinajstić information content (AvgIpc) is 2.28. The number of aliphatic hydroxyl groups is 1. The molecular formula is C12H22N2O3. The highest BCUT2D eigenvalue weighted by atomic mass is 16.6. The summed E-state index contributed by atoms with van der Waals surface area (Å²) in [6.07, 6.45) is 3.41. The van der Waals surface area contributed by atoms with Crippen molar-refractivity contribution in [1.29, 1.82) is 0 Å². The fraction of sp³-hybridized carbons (Fsp3) is 0.917. The maximum absolute atomic E-state index is 11.5. The van der Waals surface area contributed by atoms with Crippen LogP contribution in [0.2, 0.25) is 0 Å². The summed E-state index contributed by atoms with van der Waals surface area (Å²) in [6.45, 7) is 3.81. The number of likely N-dealkylation sites (tertiary alicyclic amines) is 1. The van der Waals surface area contributed by atoms with Gasteiger partial charge in [0.25, 0.3) is 0 Å². The SMILES string of the molecule is CCOC(=O)N1CCC(NC2CC(O)C2)CC1. The summed E-state index contributed by atoms with van der Waals surface area (Å²) in [5.74, 6) is 0. The zero-order chi connectivity index (χ0) is 12.3. The van der Waals surface area contributed by atoms with Gasteiger partial charge in [0.2, 0.25) is 0 Å². The van der Waals surface area contributed by atoms with Crippen LogP contribution in [0.4, 0.5) is 4.79 Å².